The Kier molecular flexibility index (Phi) is 8.93. The lowest BCUT2D eigenvalue weighted by Gasteiger charge is -2.49. The molecule has 2 aromatic heterocycles. The number of nitrogens with one attached hydrogen (secondary N) is 1. The van der Waals surface area contributed by atoms with Crippen molar-refractivity contribution in [2.75, 3.05) is 11.5 Å². The highest BCUT2D eigenvalue weighted by molar-refractivity contribution is 8.01. The minimum Gasteiger partial charge on any atom is -0.477 e. The summed E-state index contributed by atoms with van der Waals surface area (Å²) < 4.78 is 1.44. The van der Waals surface area contributed by atoms with E-state index >= 15 is 0 Å². The summed E-state index contributed by atoms with van der Waals surface area (Å²) in [6, 6.07) is 6.02. The number of carboxylic acid groups (broad SMARTS) is 2. The third kappa shape index (κ3) is 6.46. The number of aromatic nitrogens is 2. The molecule has 15 heteroatoms. The van der Waals surface area contributed by atoms with Gasteiger partial charge < -0.3 is 15.5 Å². The van der Waals surface area contributed by atoms with E-state index in [-0.39, 0.29) is 28.5 Å². The normalized spacial score (nSPS) is 18.5. The standard InChI is InChI=1S/C23H18Cl2N4O6S3/c24-15-5-11(6-16(25)26-15)7-17(36)27-18-20(31)29-19(23(34)35)12(10-38-21(18)29)9-37-13-1-3-28(4-2-13)8-14(30)22(32)33/h1-6,18,21H,7-10H2,(H2-,27,32,33,34,35,36)/p+1/t18-,21+/m0/s1. The first-order valence-electron chi connectivity index (χ1n) is 10.9. The molecule has 0 unspecified atom stereocenters. The van der Waals surface area contributed by atoms with E-state index in [1.54, 1.807) is 36.7 Å². The lowest BCUT2D eigenvalue weighted by molar-refractivity contribution is -0.684. The van der Waals surface area contributed by atoms with Crippen molar-refractivity contribution in [3.05, 3.63) is 63.8 Å². The van der Waals surface area contributed by atoms with E-state index in [4.69, 9.17) is 40.5 Å². The SMILES string of the molecule is O=C(O)C(=O)C[n+]1ccc(SCC2=C(C(=O)O)N3C(=O)[C@H](NC(=S)Cc4cc(Cl)nc(Cl)c4)[C@H]3SC2)cc1. The fourth-order valence-corrected chi connectivity index (χ4v) is 7.04. The number of pyridine rings is 2. The molecule has 0 aliphatic carbocycles. The number of nitrogens with zero attached hydrogens (tertiary/aromatic N) is 3. The molecule has 2 aliphatic heterocycles. The summed E-state index contributed by atoms with van der Waals surface area (Å²) in [4.78, 5) is 53.5. The molecule has 4 rings (SSSR count). The summed E-state index contributed by atoms with van der Waals surface area (Å²) in [5.74, 6) is -3.23. The van der Waals surface area contributed by atoms with Gasteiger partial charge in [0, 0.05) is 35.0 Å². The van der Waals surface area contributed by atoms with Crippen molar-refractivity contribution in [1.29, 1.82) is 0 Å². The first-order valence-corrected chi connectivity index (χ1v) is 14.1. The van der Waals surface area contributed by atoms with Gasteiger partial charge in [0.2, 0.25) is 6.54 Å². The summed E-state index contributed by atoms with van der Waals surface area (Å²) in [5, 5.41) is 21.7. The van der Waals surface area contributed by atoms with Gasteiger partial charge in [-0.15, -0.1) is 23.5 Å². The maximum Gasteiger partial charge on any atom is 0.379 e. The van der Waals surface area contributed by atoms with Gasteiger partial charge >= 0.3 is 17.7 Å². The molecule has 0 saturated carbocycles. The molecule has 4 heterocycles. The summed E-state index contributed by atoms with van der Waals surface area (Å²) in [5.41, 5.74) is 1.32. The van der Waals surface area contributed by atoms with Crippen molar-refractivity contribution in [2.45, 2.75) is 29.3 Å². The Morgan fingerprint density at radius 3 is 2.47 bits per heavy atom. The van der Waals surface area contributed by atoms with Crippen molar-refractivity contribution in [3.8, 4) is 0 Å². The topological polar surface area (TPSA) is 141 Å². The number of carbonyl (C=O) groups excluding carboxylic acids is 2. The number of thiocarbonyl (C=S) groups is 1. The first-order chi connectivity index (χ1) is 18.0. The summed E-state index contributed by atoms with van der Waals surface area (Å²) in [6.07, 6.45) is 3.45. The molecule has 1 saturated heterocycles. The van der Waals surface area contributed by atoms with Crippen LogP contribution in [0.4, 0.5) is 0 Å². The Labute approximate surface area is 240 Å². The Balaban J connectivity index is 1.39. The van der Waals surface area contributed by atoms with Crippen LogP contribution in [0.25, 0.3) is 0 Å². The van der Waals surface area contributed by atoms with Crippen LogP contribution in [0.5, 0.6) is 0 Å². The average Bonchev–Trinajstić information content (AvgIpc) is 2.85. The van der Waals surface area contributed by atoms with E-state index in [9.17, 15) is 24.3 Å². The van der Waals surface area contributed by atoms with Crippen molar-refractivity contribution in [3.63, 3.8) is 0 Å². The van der Waals surface area contributed by atoms with E-state index in [1.807, 2.05) is 0 Å². The molecular formula is C23H19Cl2N4O6S3+. The average molecular weight is 615 g/mol. The molecule has 3 N–H and O–H groups in total. The second kappa shape index (κ2) is 12.0. The molecular weight excluding hydrogens is 595 g/mol. The monoisotopic (exact) mass is 613 g/mol. The summed E-state index contributed by atoms with van der Waals surface area (Å²) >= 11 is 20.1. The van der Waals surface area contributed by atoms with Gasteiger partial charge in [-0.25, -0.2) is 14.6 Å². The van der Waals surface area contributed by atoms with Gasteiger partial charge in [0.15, 0.2) is 12.4 Å². The third-order valence-electron chi connectivity index (χ3n) is 5.59. The van der Waals surface area contributed by atoms with Crippen LogP contribution in [-0.2, 0) is 32.1 Å². The predicted molar refractivity (Wildman–Crippen MR) is 145 cm³/mol. The molecule has 38 heavy (non-hydrogen) atoms. The van der Waals surface area contributed by atoms with Crippen LogP contribution in [-0.4, -0.2) is 71.6 Å². The minimum atomic E-state index is -1.50. The minimum absolute atomic E-state index is 0.0269. The van der Waals surface area contributed by atoms with Crippen LogP contribution in [0.1, 0.15) is 5.56 Å². The number of hydrogen-bond donors (Lipinski definition) is 3. The van der Waals surface area contributed by atoms with Crippen LogP contribution in [0.3, 0.4) is 0 Å². The van der Waals surface area contributed by atoms with Gasteiger partial charge in [0.1, 0.15) is 27.4 Å². The van der Waals surface area contributed by atoms with Crippen LogP contribution in [0.2, 0.25) is 10.3 Å². The second-order valence-corrected chi connectivity index (χ2v) is 11.7. The summed E-state index contributed by atoms with van der Waals surface area (Å²) in [6.45, 7) is -0.285. The highest BCUT2D eigenvalue weighted by Gasteiger charge is 2.53. The number of aliphatic carboxylic acids is 2. The number of amides is 1. The Bertz CT molecular complexity index is 1350. The number of Topliss-reactive ketones (excluding diaryl/α,β-unsaturated/α-hetero) is 1. The first kappa shape index (κ1) is 28.3. The van der Waals surface area contributed by atoms with Crippen molar-refractivity contribution < 1.29 is 34.0 Å². The maximum atomic E-state index is 13.0. The zero-order valence-corrected chi connectivity index (χ0v) is 23.3. The van der Waals surface area contributed by atoms with Gasteiger partial charge in [-0.3, -0.25) is 14.5 Å². The lowest BCUT2D eigenvalue weighted by atomic mass is 10.0. The van der Waals surface area contributed by atoms with Gasteiger partial charge in [-0.2, -0.15) is 4.57 Å². The van der Waals surface area contributed by atoms with Gasteiger partial charge in [-0.1, -0.05) is 35.4 Å². The van der Waals surface area contributed by atoms with Gasteiger partial charge in [-0.05, 0) is 23.3 Å². The van der Waals surface area contributed by atoms with Gasteiger partial charge in [0.25, 0.3) is 5.91 Å². The molecule has 10 nitrogen and oxygen atoms in total. The summed E-state index contributed by atoms with van der Waals surface area (Å²) in [7, 11) is 0. The number of carboxylic acids is 2. The largest absolute Gasteiger partial charge is 0.477 e. The van der Waals surface area contributed by atoms with Crippen LogP contribution < -0.4 is 9.88 Å². The highest BCUT2D eigenvalue weighted by Crippen LogP contribution is 2.41. The molecule has 1 amide bonds. The van der Waals surface area contributed by atoms with Crippen LogP contribution in [0, 0.1) is 0 Å². The highest BCUT2D eigenvalue weighted by atomic mass is 35.5. The zero-order chi connectivity index (χ0) is 27.6. The number of halogens is 2. The number of rotatable bonds is 10. The second-order valence-electron chi connectivity index (χ2n) is 8.23. The molecule has 2 aromatic rings. The predicted octanol–water partition coefficient (Wildman–Crippen LogP) is 2.20. The van der Waals surface area contributed by atoms with E-state index < -0.39 is 29.1 Å². The van der Waals surface area contributed by atoms with Crippen molar-refractivity contribution in [2.24, 2.45) is 0 Å². The smallest absolute Gasteiger partial charge is 0.379 e. The van der Waals surface area contributed by atoms with E-state index in [1.165, 1.54) is 33.0 Å². The van der Waals surface area contributed by atoms with E-state index in [0.717, 1.165) is 10.5 Å². The fourth-order valence-electron chi connectivity index (χ4n) is 3.87. The Morgan fingerprint density at radius 2 is 1.87 bits per heavy atom. The van der Waals surface area contributed by atoms with E-state index in [0.29, 0.717) is 28.5 Å². The number of hydrogen-bond acceptors (Lipinski definition) is 8. The quantitative estimate of drug-likeness (QED) is 0.0906. The molecule has 0 radical (unpaired) electrons. The molecule has 2 atom stereocenters. The number of fused-ring (bicyclic) bond motifs is 1. The number of β-lactam (4-membered cyclic amide) rings is 1. The molecule has 2 aliphatic rings. The molecule has 1 fully saturated rings. The Morgan fingerprint density at radius 1 is 1.21 bits per heavy atom. The number of ketones is 1. The van der Waals surface area contributed by atoms with Crippen LogP contribution in [0.15, 0.2) is 52.8 Å². The third-order valence-corrected chi connectivity index (χ3v) is 8.68. The lowest BCUT2D eigenvalue weighted by Crippen LogP contribution is -2.70. The molecule has 0 aromatic carbocycles. The molecule has 198 valence electrons. The van der Waals surface area contributed by atoms with Crippen molar-refractivity contribution >= 4 is 87.6 Å². The fraction of sp³-hybridized carbons (Fsp3) is 0.261. The zero-order valence-electron chi connectivity index (χ0n) is 19.3. The van der Waals surface area contributed by atoms with E-state index in [2.05, 4.69) is 10.3 Å². The number of thioether (sulfide) groups is 2. The maximum absolute atomic E-state index is 13.0. The van der Waals surface area contributed by atoms with Crippen LogP contribution >= 0.6 is 58.9 Å². The number of carbonyl (C=O) groups is 4. The Hall–Kier alpha value is -2.71. The molecule has 0 spiro atoms. The van der Waals surface area contributed by atoms with Crippen molar-refractivity contribution in [1.82, 2.24) is 15.2 Å². The van der Waals surface area contributed by atoms with Gasteiger partial charge in [0.05, 0.1) is 4.99 Å². The molecule has 0 bridgehead atoms.